The van der Waals surface area contributed by atoms with Crippen LogP contribution in [0.3, 0.4) is 0 Å². The van der Waals surface area contributed by atoms with Crippen LogP contribution in [0.2, 0.25) is 0 Å². The third-order valence-corrected chi connectivity index (χ3v) is 2.49. The molecular weight excluding hydrogens is 228 g/mol. The van der Waals surface area contributed by atoms with Crippen molar-refractivity contribution in [3.05, 3.63) is 34.9 Å². The first-order valence-electron chi connectivity index (χ1n) is 5.18. The molecule has 5 heteroatoms. The predicted octanol–water partition coefficient (Wildman–Crippen LogP) is 2.06. The minimum Gasteiger partial charge on any atom is -0.480 e. The smallest absolute Gasteiger partial charge is 0.320 e. The van der Waals surface area contributed by atoms with Gasteiger partial charge >= 0.3 is 5.97 Å². The Balaban J connectivity index is 3.12. The topological polar surface area (TPSA) is 63.3 Å². The van der Waals surface area contributed by atoms with Crippen LogP contribution in [-0.4, -0.2) is 17.1 Å². The van der Waals surface area contributed by atoms with Crippen molar-refractivity contribution >= 4 is 5.97 Å². The average Bonchev–Trinajstić information content (AvgIpc) is 2.15. The molecular formula is C12H15F2NO2. The maximum atomic E-state index is 13.3. The fourth-order valence-corrected chi connectivity index (χ4v) is 1.64. The fraction of sp³-hybridized carbons (Fsp3) is 0.417. The first-order chi connectivity index (χ1) is 7.71. The normalized spacial score (nSPS) is 13.5. The zero-order valence-electron chi connectivity index (χ0n) is 9.71. The van der Waals surface area contributed by atoms with E-state index in [0.29, 0.717) is 0 Å². The maximum absolute atomic E-state index is 13.3. The van der Waals surface area contributed by atoms with Crippen LogP contribution in [0.15, 0.2) is 18.2 Å². The number of aliphatic carboxylic acids is 1. The molecule has 1 atom stereocenters. The van der Waals surface area contributed by atoms with Crippen LogP contribution in [0, 0.1) is 6.92 Å². The molecule has 0 aliphatic heterocycles. The first-order valence-corrected chi connectivity index (χ1v) is 5.18. The van der Waals surface area contributed by atoms with Crippen molar-refractivity contribution in [2.75, 3.05) is 0 Å². The van der Waals surface area contributed by atoms with E-state index in [1.165, 1.54) is 6.07 Å². The van der Waals surface area contributed by atoms with Crippen molar-refractivity contribution in [2.24, 2.45) is 5.73 Å². The molecule has 1 unspecified atom stereocenters. The Labute approximate surface area is 98.2 Å². The largest absolute Gasteiger partial charge is 0.480 e. The van der Waals surface area contributed by atoms with E-state index in [1.54, 1.807) is 19.1 Å². The predicted molar refractivity (Wildman–Crippen MR) is 60.1 cm³/mol. The van der Waals surface area contributed by atoms with Gasteiger partial charge in [-0.05, 0) is 18.9 Å². The minimum atomic E-state index is -3.00. The van der Waals surface area contributed by atoms with E-state index in [1.807, 2.05) is 0 Å². The van der Waals surface area contributed by atoms with Crippen LogP contribution in [0.1, 0.15) is 23.6 Å². The Hall–Kier alpha value is -1.49. The standard InChI is InChI=1S/C12H15F2NO2/c1-7-3-4-9(12(2,13)14)8(5-7)6-10(15)11(16)17/h3-5,10H,6,15H2,1-2H3,(H,16,17). The van der Waals surface area contributed by atoms with Crippen LogP contribution in [-0.2, 0) is 17.1 Å². The lowest BCUT2D eigenvalue weighted by Crippen LogP contribution is -2.33. The van der Waals surface area contributed by atoms with Gasteiger partial charge in [0, 0.05) is 12.5 Å². The molecule has 0 bridgehead atoms. The molecule has 0 spiro atoms. The van der Waals surface area contributed by atoms with Gasteiger partial charge in [0.15, 0.2) is 0 Å². The van der Waals surface area contributed by atoms with Crippen molar-refractivity contribution in [2.45, 2.75) is 32.2 Å². The molecule has 0 radical (unpaired) electrons. The van der Waals surface area contributed by atoms with Crippen molar-refractivity contribution in [1.82, 2.24) is 0 Å². The SMILES string of the molecule is Cc1ccc(C(C)(F)F)c(CC(N)C(=O)O)c1. The van der Waals surface area contributed by atoms with Crippen molar-refractivity contribution < 1.29 is 18.7 Å². The third kappa shape index (κ3) is 3.49. The summed E-state index contributed by atoms with van der Waals surface area (Å²) in [6.07, 6.45) is -0.101. The quantitative estimate of drug-likeness (QED) is 0.850. The number of carboxylic acids is 1. The number of carboxylic acid groups (broad SMARTS) is 1. The lowest BCUT2D eigenvalue weighted by atomic mass is 9.95. The highest BCUT2D eigenvalue weighted by Crippen LogP contribution is 2.31. The summed E-state index contributed by atoms with van der Waals surface area (Å²) in [6, 6.07) is 3.27. The zero-order chi connectivity index (χ0) is 13.2. The summed E-state index contributed by atoms with van der Waals surface area (Å²) >= 11 is 0. The van der Waals surface area contributed by atoms with Crippen LogP contribution >= 0.6 is 0 Å². The van der Waals surface area contributed by atoms with Gasteiger partial charge in [-0.3, -0.25) is 4.79 Å². The lowest BCUT2D eigenvalue weighted by molar-refractivity contribution is -0.138. The molecule has 0 saturated carbocycles. The monoisotopic (exact) mass is 243 g/mol. The Morgan fingerprint density at radius 1 is 1.53 bits per heavy atom. The summed E-state index contributed by atoms with van der Waals surface area (Å²) in [7, 11) is 0. The molecule has 0 saturated heterocycles. The van der Waals surface area contributed by atoms with E-state index in [0.717, 1.165) is 12.5 Å². The minimum absolute atomic E-state index is 0.101. The van der Waals surface area contributed by atoms with Gasteiger partial charge in [0.1, 0.15) is 6.04 Å². The number of aryl methyl sites for hydroxylation is 1. The van der Waals surface area contributed by atoms with E-state index >= 15 is 0 Å². The van der Waals surface area contributed by atoms with E-state index in [2.05, 4.69) is 0 Å². The summed E-state index contributed by atoms with van der Waals surface area (Å²) < 4.78 is 26.6. The number of carbonyl (C=O) groups is 1. The van der Waals surface area contributed by atoms with Gasteiger partial charge in [-0.25, -0.2) is 8.78 Å². The molecule has 1 aromatic carbocycles. The molecule has 1 rings (SSSR count). The summed E-state index contributed by atoms with van der Waals surface area (Å²) in [6.45, 7) is 2.54. The highest BCUT2D eigenvalue weighted by Gasteiger charge is 2.28. The molecule has 0 fully saturated rings. The van der Waals surface area contributed by atoms with E-state index < -0.39 is 17.9 Å². The number of hydrogen-bond donors (Lipinski definition) is 2. The summed E-state index contributed by atoms with van der Waals surface area (Å²) in [5, 5.41) is 8.69. The zero-order valence-corrected chi connectivity index (χ0v) is 9.71. The van der Waals surface area contributed by atoms with E-state index in [9.17, 15) is 13.6 Å². The Bertz CT molecular complexity index is 427. The van der Waals surface area contributed by atoms with Gasteiger partial charge in [0.25, 0.3) is 5.92 Å². The van der Waals surface area contributed by atoms with Gasteiger partial charge in [0.2, 0.25) is 0 Å². The number of hydrogen-bond acceptors (Lipinski definition) is 2. The number of alkyl halides is 2. The molecule has 1 aromatic rings. The second-order valence-electron chi connectivity index (χ2n) is 4.20. The lowest BCUT2D eigenvalue weighted by Gasteiger charge is -2.17. The Kier molecular flexibility index (Phi) is 3.83. The highest BCUT2D eigenvalue weighted by atomic mass is 19.3. The number of rotatable bonds is 4. The van der Waals surface area contributed by atoms with Gasteiger partial charge in [-0.2, -0.15) is 0 Å². The van der Waals surface area contributed by atoms with Gasteiger partial charge < -0.3 is 10.8 Å². The molecule has 0 heterocycles. The Morgan fingerprint density at radius 2 is 2.12 bits per heavy atom. The molecule has 3 N–H and O–H groups in total. The molecule has 0 aromatic heterocycles. The van der Waals surface area contributed by atoms with E-state index in [-0.39, 0.29) is 17.5 Å². The Morgan fingerprint density at radius 3 is 2.59 bits per heavy atom. The van der Waals surface area contributed by atoms with Crippen LogP contribution in [0.4, 0.5) is 8.78 Å². The fourth-order valence-electron chi connectivity index (χ4n) is 1.64. The van der Waals surface area contributed by atoms with Crippen molar-refractivity contribution in [1.29, 1.82) is 0 Å². The van der Waals surface area contributed by atoms with Gasteiger partial charge in [0.05, 0.1) is 0 Å². The summed E-state index contributed by atoms with van der Waals surface area (Å²) in [5.74, 6) is -4.20. The molecule has 0 amide bonds. The second kappa shape index (κ2) is 4.79. The third-order valence-electron chi connectivity index (χ3n) is 2.49. The molecule has 17 heavy (non-hydrogen) atoms. The van der Waals surface area contributed by atoms with Crippen molar-refractivity contribution in [3.8, 4) is 0 Å². The number of benzene rings is 1. The molecule has 0 aliphatic rings. The summed E-state index contributed by atoms with van der Waals surface area (Å²) in [4.78, 5) is 10.6. The maximum Gasteiger partial charge on any atom is 0.320 e. The second-order valence-corrected chi connectivity index (χ2v) is 4.20. The van der Waals surface area contributed by atoms with Crippen LogP contribution in [0.25, 0.3) is 0 Å². The van der Waals surface area contributed by atoms with Crippen LogP contribution < -0.4 is 5.73 Å². The van der Waals surface area contributed by atoms with Gasteiger partial charge in [-0.15, -0.1) is 0 Å². The number of nitrogens with two attached hydrogens (primary N) is 1. The highest BCUT2D eigenvalue weighted by molar-refractivity contribution is 5.73. The van der Waals surface area contributed by atoms with Crippen molar-refractivity contribution in [3.63, 3.8) is 0 Å². The average molecular weight is 243 g/mol. The molecule has 94 valence electrons. The molecule has 3 nitrogen and oxygen atoms in total. The molecule has 0 aliphatic carbocycles. The van der Waals surface area contributed by atoms with Crippen LogP contribution in [0.5, 0.6) is 0 Å². The van der Waals surface area contributed by atoms with E-state index in [4.69, 9.17) is 10.8 Å². The van der Waals surface area contributed by atoms with Gasteiger partial charge in [-0.1, -0.05) is 23.8 Å². The number of halogens is 2. The summed E-state index contributed by atoms with van der Waals surface area (Å²) in [5.41, 5.74) is 6.28. The first kappa shape index (κ1) is 13.6.